The Hall–Kier alpha value is -2.55. The fraction of sp³-hybridized carbons (Fsp3) is 0.118. The molecule has 0 heterocycles. The Bertz CT molecular complexity index is 597. The van der Waals surface area contributed by atoms with E-state index in [1.165, 1.54) is 12.1 Å². The molecule has 3 heteroatoms. The van der Waals surface area contributed by atoms with E-state index in [1.54, 1.807) is 42.5 Å². The van der Waals surface area contributed by atoms with Crippen molar-refractivity contribution in [3.8, 4) is 11.5 Å². The maximum Gasteiger partial charge on any atom is 0.163 e. The Labute approximate surface area is 117 Å². The molecule has 0 unspecified atom stereocenters. The van der Waals surface area contributed by atoms with Crippen molar-refractivity contribution in [3.05, 3.63) is 72.3 Å². The van der Waals surface area contributed by atoms with E-state index in [9.17, 15) is 15.0 Å². The molecular formula is C17H16O3. The average Bonchev–Trinajstić information content (AvgIpc) is 2.46. The Morgan fingerprint density at radius 2 is 1.50 bits per heavy atom. The van der Waals surface area contributed by atoms with Gasteiger partial charge in [-0.25, -0.2) is 0 Å². The summed E-state index contributed by atoms with van der Waals surface area (Å²) in [6, 6.07) is 13.0. The van der Waals surface area contributed by atoms with Crippen molar-refractivity contribution in [1.82, 2.24) is 0 Å². The molecule has 102 valence electrons. The second-order valence-electron chi connectivity index (χ2n) is 4.61. The van der Waals surface area contributed by atoms with Crippen molar-refractivity contribution in [1.29, 1.82) is 0 Å². The smallest absolute Gasteiger partial charge is 0.163 e. The third-order valence-corrected chi connectivity index (χ3v) is 3.20. The minimum Gasteiger partial charge on any atom is -0.508 e. The summed E-state index contributed by atoms with van der Waals surface area (Å²) in [5.74, 6) is 0.224. The van der Waals surface area contributed by atoms with E-state index < -0.39 is 0 Å². The van der Waals surface area contributed by atoms with E-state index in [0.29, 0.717) is 12.0 Å². The van der Waals surface area contributed by atoms with Gasteiger partial charge in [0.25, 0.3) is 0 Å². The largest absolute Gasteiger partial charge is 0.508 e. The van der Waals surface area contributed by atoms with E-state index in [1.807, 2.05) is 0 Å². The first kappa shape index (κ1) is 13.9. The highest BCUT2D eigenvalue weighted by Crippen LogP contribution is 2.25. The standard InChI is InChI=1S/C17H16O3/c1-2-12(13-3-7-15(18)8-4-13)11-17(20)14-5-9-16(19)10-6-14/h2-10,12,18-19H,1,11H2/t12-/m1/s1. The SMILES string of the molecule is C=C[C@H](CC(=O)c1ccc(O)cc1)c1ccc(O)cc1. The van der Waals surface area contributed by atoms with E-state index in [2.05, 4.69) is 6.58 Å². The molecule has 0 aliphatic heterocycles. The summed E-state index contributed by atoms with van der Waals surface area (Å²) in [5, 5.41) is 18.5. The molecule has 2 aromatic carbocycles. The zero-order chi connectivity index (χ0) is 14.5. The second-order valence-corrected chi connectivity index (χ2v) is 4.61. The number of ketones is 1. The summed E-state index contributed by atoms with van der Waals surface area (Å²) in [6.45, 7) is 3.77. The lowest BCUT2D eigenvalue weighted by Crippen LogP contribution is -2.05. The summed E-state index contributed by atoms with van der Waals surface area (Å²) in [5.41, 5.74) is 1.50. The van der Waals surface area contributed by atoms with Crippen LogP contribution in [-0.2, 0) is 0 Å². The molecule has 0 radical (unpaired) electrons. The molecule has 2 aromatic rings. The molecule has 0 bridgehead atoms. The van der Waals surface area contributed by atoms with Crippen LogP contribution in [0.3, 0.4) is 0 Å². The zero-order valence-corrected chi connectivity index (χ0v) is 11.0. The molecule has 0 aliphatic rings. The lowest BCUT2D eigenvalue weighted by Gasteiger charge is -2.12. The quantitative estimate of drug-likeness (QED) is 0.643. The van der Waals surface area contributed by atoms with E-state index >= 15 is 0 Å². The van der Waals surface area contributed by atoms with Crippen LogP contribution in [0.4, 0.5) is 0 Å². The number of hydrogen-bond donors (Lipinski definition) is 2. The summed E-state index contributed by atoms with van der Waals surface area (Å²) in [4.78, 5) is 12.2. The number of carbonyl (C=O) groups excluding carboxylic acids is 1. The van der Waals surface area contributed by atoms with Crippen LogP contribution in [0, 0.1) is 0 Å². The van der Waals surface area contributed by atoms with Crippen LogP contribution < -0.4 is 0 Å². The van der Waals surface area contributed by atoms with Gasteiger partial charge in [0.05, 0.1) is 0 Å². The normalized spacial score (nSPS) is 11.8. The van der Waals surface area contributed by atoms with Gasteiger partial charge in [0, 0.05) is 17.9 Å². The minimum absolute atomic E-state index is 0.0111. The van der Waals surface area contributed by atoms with E-state index in [-0.39, 0.29) is 23.2 Å². The summed E-state index contributed by atoms with van der Waals surface area (Å²) in [6.07, 6.45) is 2.03. The van der Waals surface area contributed by atoms with Gasteiger partial charge in [-0.15, -0.1) is 6.58 Å². The molecule has 0 fully saturated rings. The van der Waals surface area contributed by atoms with Gasteiger partial charge >= 0.3 is 0 Å². The minimum atomic E-state index is -0.100. The Morgan fingerprint density at radius 1 is 1.00 bits per heavy atom. The van der Waals surface area contributed by atoms with Gasteiger partial charge in [0.2, 0.25) is 0 Å². The molecule has 0 aromatic heterocycles. The highest BCUT2D eigenvalue weighted by molar-refractivity contribution is 5.96. The van der Waals surface area contributed by atoms with Gasteiger partial charge in [-0.1, -0.05) is 18.2 Å². The Morgan fingerprint density at radius 3 is 2.00 bits per heavy atom. The van der Waals surface area contributed by atoms with Crippen molar-refractivity contribution < 1.29 is 15.0 Å². The molecule has 0 spiro atoms. The highest BCUT2D eigenvalue weighted by Gasteiger charge is 2.14. The molecular weight excluding hydrogens is 252 g/mol. The van der Waals surface area contributed by atoms with Crippen LogP contribution in [0.5, 0.6) is 11.5 Å². The molecule has 0 saturated carbocycles. The number of phenolic OH excluding ortho intramolecular Hbond substituents is 2. The molecule has 0 amide bonds. The van der Waals surface area contributed by atoms with Gasteiger partial charge in [-0.3, -0.25) is 4.79 Å². The van der Waals surface area contributed by atoms with Gasteiger partial charge in [0.15, 0.2) is 5.78 Å². The van der Waals surface area contributed by atoms with Crippen LogP contribution in [0.15, 0.2) is 61.2 Å². The summed E-state index contributed by atoms with van der Waals surface area (Å²) >= 11 is 0. The fourth-order valence-corrected chi connectivity index (χ4v) is 2.02. The zero-order valence-electron chi connectivity index (χ0n) is 11.0. The van der Waals surface area contributed by atoms with Crippen LogP contribution in [0.1, 0.15) is 28.3 Å². The van der Waals surface area contributed by atoms with Gasteiger partial charge in [-0.2, -0.15) is 0 Å². The number of rotatable bonds is 5. The summed E-state index contributed by atoms with van der Waals surface area (Å²) in [7, 11) is 0. The Kier molecular flexibility index (Phi) is 4.20. The molecule has 3 nitrogen and oxygen atoms in total. The van der Waals surface area contributed by atoms with Crippen LogP contribution in [0.25, 0.3) is 0 Å². The van der Waals surface area contributed by atoms with Crippen molar-refractivity contribution in [3.63, 3.8) is 0 Å². The molecule has 20 heavy (non-hydrogen) atoms. The number of carbonyl (C=O) groups is 1. The Balaban J connectivity index is 2.13. The molecule has 0 saturated heterocycles. The fourth-order valence-electron chi connectivity index (χ4n) is 2.02. The lowest BCUT2D eigenvalue weighted by molar-refractivity contribution is 0.0978. The van der Waals surface area contributed by atoms with Crippen molar-refractivity contribution in [2.75, 3.05) is 0 Å². The number of Topliss-reactive ketones (excluding diaryl/α,β-unsaturated/α-hetero) is 1. The van der Waals surface area contributed by atoms with E-state index in [0.717, 1.165) is 5.56 Å². The monoisotopic (exact) mass is 268 g/mol. The molecule has 0 aliphatic carbocycles. The highest BCUT2D eigenvalue weighted by atomic mass is 16.3. The number of allylic oxidation sites excluding steroid dienone is 1. The average molecular weight is 268 g/mol. The van der Waals surface area contributed by atoms with Crippen LogP contribution >= 0.6 is 0 Å². The molecule has 2 rings (SSSR count). The maximum atomic E-state index is 12.2. The first-order chi connectivity index (χ1) is 9.60. The van der Waals surface area contributed by atoms with Gasteiger partial charge in [-0.05, 0) is 42.0 Å². The predicted molar refractivity (Wildman–Crippen MR) is 78.1 cm³/mol. The first-order valence-corrected chi connectivity index (χ1v) is 6.34. The summed E-state index contributed by atoms with van der Waals surface area (Å²) < 4.78 is 0. The third-order valence-electron chi connectivity index (χ3n) is 3.20. The topological polar surface area (TPSA) is 57.5 Å². The van der Waals surface area contributed by atoms with Crippen molar-refractivity contribution >= 4 is 5.78 Å². The molecule has 2 N–H and O–H groups in total. The number of phenols is 2. The predicted octanol–water partition coefficient (Wildman–Crippen LogP) is 3.64. The van der Waals surface area contributed by atoms with Crippen LogP contribution in [-0.4, -0.2) is 16.0 Å². The van der Waals surface area contributed by atoms with E-state index in [4.69, 9.17) is 0 Å². The number of aromatic hydroxyl groups is 2. The van der Waals surface area contributed by atoms with Gasteiger partial charge < -0.3 is 10.2 Å². The lowest BCUT2D eigenvalue weighted by atomic mass is 9.91. The second kappa shape index (κ2) is 6.06. The van der Waals surface area contributed by atoms with Gasteiger partial charge in [0.1, 0.15) is 11.5 Å². The number of benzene rings is 2. The van der Waals surface area contributed by atoms with Crippen molar-refractivity contribution in [2.45, 2.75) is 12.3 Å². The third kappa shape index (κ3) is 3.26. The molecule has 1 atom stereocenters. The number of hydrogen-bond acceptors (Lipinski definition) is 3. The first-order valence-electron chi connectivity index (χ1n) is 6.34. The maximum absolute atomic E-state index is 12.2. The van der Waals surface area contributed by atoms with Crippen molar-refractivity contribution in [2.24, 2.45) is 0 Å². The van der Waals surface area contributed by atoms with Crippen LogP contribution in [0.2, 0.25) is 0 Å².